The van der Waals surface area contributed by atoms with Crippen molar-refractivity contribution in [1.82, 2.24) is 30.3 Å². The van der Waals surface area contributed by atoms with Gasteiger partial charge in [0.1, 0.15) is 12.7 Å². The minimum absolute atomic E-state index is 0.0279. The standard InChI is InChI=1S/C33H43ClN6O/c34-29-12-10-25(11-13-29)18-30(38-32(41)31-19-26-6-4-5-7-27(26)20-36-31)21-39-16-14-33(15-17-39,22-40-24-35-23-37-40)28-8-2-1-3-9-28/h4-7,10-13,23-24,28,30-31,36H,1-3,8-9,14-22H2,(H,38,41)/t30-,31?/m1/s1. The highest BCUT2D eigenvalue weighted by atomic mass is 35.5. The maximum atomic E-state index is 13.6. The molecule has 1 aromatic heterocycles. The van der Waals surface area contributed by atoms with E-state index in [1.54, 1.807) is 6.33 Å². The van der Waals surface area contributed by atoms with E-state index in [4.69, 9.17) is 11.6 Å². The summed E-state index contributed by atoms with van der Waals surface area (Å²) in [7, 11) is 0. The van der Waals surface area contributed by atoms with E-state index in [1.807, 2.05) is 18.5 Å². The number of nitrogens with zero attached hydrogens (tertiary/aromatic N) is 4. The number of amides is 1. The maximum Gasteiger partial charge on any atom is 0.237 e. The highest BCUT2D eigenvalue weighted by Gasteiger charge is 2.42. The Balaban J connectivity index is 1.13. The molecule has 1 saturated carbocycles. The average molecular weight is 575 g/mol. The van der Waals surface area contributed by atoms with Crippen molar-refractivity contribution in [2.75, 3.05) is 19.6 Å². The van der Waals surface area contributed by atoms with E-state index < -0.39 is 0 Å². The molecule has 2 aliphatic heterocycles. The van der Waals surface area contributed by atoms with Gasteiger partial charge in [-0.3, -0.25) is 9.48 Å². The van der Waals surface area contributed by atoms with Crippen molar-refractivity contribution in [3.8, 4) is 0 Å². The Bertz CT molecular complexity index is 1270. The van der Waals surface area contributed by atoms with Crippen LogP contribution in [-0.2, 0) is 30.7 Å². The van der Waals surface area contributed by atoms with Crippen molar-refractivity contribution in [3.63, 3.8) is 0 Å². The molecule has 0 bridgehead atoms. The van der Waals surface area contributed by atoms with Gasteiger partial charge in [0.05, 0.1) is 6.04 Å². The molecule has 1 amide bonds. The van der Waals surface area contributed by atoms with Gasteiger partial charge in [0.2, 0.25) is 5.91 Å². The van der Waals surface area contributed by atoms with Gasteiger partial charge >= 0.3 is 0 Å². The fourth-order valence-corrected chi connectivity index (χ4v) is 7.67. The Kier molecular flexibility index (Phi) is 9.04. The van der Waals surface area contributed by atoms with Crippen molar-refractivity contribution in [3.05, 3.63) is 82.9 Å². The first-order valence-electron chi connectivity index (χ1n) is 15.5. The lowest BCUT2D eigenvalue weighted by Crippen LogP contribution is -2.55. The van der Waals surface area contributed by atoms with E-state index in [0.717, 1.165) is 56.5 Å². The summed E-state index contributed by atoms with van der Waals surface area (Å²) < 4.78 is 2.06. The molecular weight excluding hydrogens is 532 g/mol. The van der Waals surface area contributed by atoms with Crippen molar-refractivity contribution < 1.29 is 4.79 Å². The molecule has 7 nitrogen and oxygen atoms in total. The smallest absolute Gasteiger partial charge is 0.237 e. The van der Waals surface area contributed by atoms with Crippen LogP contribution in [-0.4, -0.2) is 57.3 Å². The van der Waals surface area contributed by atoms with Crippen LogP contribution in [0.5, 0.6) is 0 Å². The summed E-state index contributed by atoms with van der Waals surface area (Å²) in [5.41, 5.74) is 4.03. The lowest BCUT2D eigenvalue weighted by atomic mass is 9.63. The second kappa shape index (κ2) is 13.1. The van der Waals surface area contributed by atoms with Crippen LogP contribution in [0.15, 0.2) is 61.2 Å². The molecule has 2 atom stereocenters. The first-order valence-corrected chi connectivity index (χ1v) is 15.8. The van der Waals surface area contributed by atoms with E-state index in [-0.39, 0.29) is 23.4 Å². The van der Waals surface area contributed by atoms with E-state index in [2.05, 4.69) is 66.7 Å². The van der Waals surface area contributed by atoms with Crippen LogP contribution < -0.4 is 10.6 Å². The summed E-state index contributed by atoms with van der Waals surface area (Å²) in [6.45, 7) is 4.64. The number of nitrogens with one attached hydrogen (secondary N) is 2. The van der Waals surface area contributed by atoms with Gasteiger partial charge in [-0.05, 0) is 91.8 Å². The summed E-state index contributed by atoms with van der Waals surface area (Å²) >= 11 is 6.18. The number of aromatic nitrogens is 3. The molecule has 0 spiro atoms. The monoisotopic (exact) mass is 574 g/mol. The minimum Gasteiger partial charge on any atom is -0.350 e. The highest BCUT2D eigenvalue weighted by Crippen LogP contribution is 2.47. The fourth-order valence-electron chi connectivity index (χ4n) is 7.55. The van der Waals surface area contributed by atoms with E-state index >= 15 is 0 Å². The zero-order valence-corrected chi connectivity index (χ0v) is 24.7. The number of halogens is 1. The topological polar surface area (TPSA) is 75.1 Å². The van der Waals surface area contributed by atoms with Crippen molar-refractivity contribution >= 4 is 17.5 Å². The van der Waals surface area contributed by atoms with Gasteiger partial charge in [0.25, 0.3) is 0 Å². The zero-order valence-electron chi connectivity index (χ0n) is 24.0. The highest BCUT2D eigenvalue weighted by molar-refractivity contribution is 6.30. The van der Waals surface area contributed by atoms with Crippen molar-refractivity contribution in [2.45, 2.75) is 83.0 Å². The molecule has 1 unspecified atom stereocenters. The Morgan fingerprint density at radius 2 is 1.80 bits per heavy atom. The molecule has 2 aromatic carbocycles. The number of benzene rings is 2. The number of rotatable bonds is 9. The van der Waals surface area contributed by atoms with Crippen LogP contribution in [0, 0.1) is 11.3 Å². The summed E-state index contributed by atoms with van der Waals surface area (Å²) in [4.78, 5) is 20.4. The van der Waals surface area contributed by atoms with Gasteiger partial charge in [-0.25, -0.2) is 4.98 Å². The van der Waals surface area contributed by atoms with E-state index in [0.29, 0.717) is 0 Å². The van der Waals surface area contributed by atoms with Crippen LogP contribution in [0.3, 0.4) is 0 Å². The molecule has 0 radical (unpaired) electrons. The maximum absolute atomic E-state index is 13.6. The number of hydrogen-bond acceptors (Lipinski definition) is 5. The Hall–Kier alpha value is -2.74. The lowest BCUT2D eigenvalue weighted by Gasteiger charge is -2.48. The number of fused-ring (bicyclic) bond motifs is 1. The second-order valence-corrected chi connectivity index (χ2v) is 13.0. The van der Waals surface area contributed by atoms with Crippen LogP contribution in [0.2, 0.25) is 5.02 Å². The van der Waals surface area contributed by atoms with Crippen molar-refractivity contribution in [2.24, 2.45) is 11.3 Å². The molecule has 3 heterocycles. The molecule has 2 N–H and O–H groups in total. The predicted octanol–water partition coefficient (Wildman–Crippen LogP) is 5.04. The first kappa shape index (κ1) is 28.4. The molecule has 1 aliphatic carbocycles. The van der Waals surface area contributed by atoms with Crippen LogP contribution in [0.4, 0.5) is 0 Å². The Morgan fingerprint density at radius 1 is 1.05 bits per heavy atom. The summed E-state index contributed by atoms with van der Waals surface area (Å²) in [5.74, 6) is 0.852. The molecule has 2 fully saturated rings. The molecule has 3 aliphatic rings. The molecule has 1 saturated heterocycles. The molecule has 41 heavy (non-hydrogen) atoms. The third-order valence-electron chi connectivity index (χ3n) is 9.88. The number of carbonyl (C=O) groups excluding carboxylic acids is 1. The number of likely N-dealkylation sites (tertiary alicyclic amines) is 1. The molecular formula is C33H43ClN6O. The van der Waals surface area contributed by atoms with E-state index in [1.165, 1.54) is 61.6 Å². The van der Waals surface area contributed by atoms with Gasteiger partial charge in [0, 0.05) is 30.7 Å². The largest absolute Gasteiger partial charge is 0.350 e. The average Bonchev–Trinajstić information content (AvgIpc) is 3.52. The van der Waals surface area contributed by atoms with Crippen LogP contribution in [0.1, 0.15) is 61.6 Å². The summed E-state index contributed by atoms with van der Waals surface area (Å²) in [6, 6.07) is 16.3. The number of carbonyl (C=O) groups is 1. The Morgan fingerprint density at radius 3 is 2.54 bits per heavy atom. The Labute approximate surface area is 249 Å². The quantitative estimate of drug-likeness (QED) is 0.375. The third-order valence-corrected chi connectivity index (χ3v) is 10.1. The third kappa shape index (κ3) is 7.02. The summed E-state index contributed by atoms with van der Waals surface area (Å²) in [5, 5.41) is 12.1. The van der Waals surface area contributed by atoms with Gasteiger partial charge in [-0.15, -0.1) is 0 Å². The SMILES string of the molecule is O=C(N[C@H](Cc1ccc(Cl)cc1)CN1CCC(Cn2cncn2)(C2CCCCC2)CC1)C1Cc2ccccc2CN1. The lowest BCUT2D eigenvalue weighted by molar-refractivity contribution is -0.124. The number of piperidine rings is 1. The van der Waals surface area contributed by atoms with Gasteiger partial charge in [0.15, 0.2) is 0 Å². The minimum atomic E-state index is -0.208. The first-order chi connectivity index (χ1) is 20.1. The molecule has 8 heteroatoms. The second-order valence-electron chi connectivity index (χ2n) is 12.5. The van der Waals surface area contributed by atoms with E-state index in [9.17, 15) is 4.79 Å². The normalized spacial score (nSPS) is 22.1. The molecule has 3 aromatic rings. The van der Waals surface area contributed by atoms with Gasteiger partial charge in [-0.2, -0.15) is 5.10 Å². The van der Waals surface area contributed by atoms with Gasteiger partial charge in [-0.1, -0.05) is 67.3 Å². The van der Waals surface area contributed by atoms with Crippen LogP contribution in [0.25, 0.3) is 0 Å². The zero-order chi connectivity index (χ0) is 28.1. The summed E-state index contributed by atoms with van der Waals surface area (Å²) in [6.07, 6.45) is 14.1. The van der Waals surface area contributed by atoms with Crippen LogP contribution >= 0.6 is 11.6 Å². The fraction of sp³-hybridized carbons (Fsp3) is 0.545. The molecule has 218 valence electrons. The van der Waals surface area contributed by atoms with Crippen molar-refractivity contribution in [1.29, 1.82) is 0 Å². The van der Waals surface area contributed by atoms with Gasteiger partial charge < -0.3 is 15.5 Å². The molecule has 6 rings (SSSR count). The number of hydrogen-bond donors (Lipinski definition) is 2. The predicted molar refractivity (Wildman–Crippen MR) is 163 cm³/mol.